The summed E-state index contributed by atoms with van der Waals surface area (Å²) in [7, 11) is 1.97. The van der Waals surface area contributed by atoms with Gasteiger partial charge in [0.05, 0.1) is 0 Å². The number of thioether (sulfide) groups is 1. The second-order valence-electron chi connectivity index (χ2n) is 4.93. The highest BCUT2D eigenvalue weighted by Gasteiger charge is 2.22. The van der Waals surface area contributed by atoms with Gasteiger partial charge in [-0.05, 0) is 26.0 Å². The van der Waals surface area contributed by atoms with E-state index in [1.54, 1.807) is 11.8 Å². The van der Waals surface area contributed by atoms with Crippen LogP contribution in [0.15, 0.2) is 46.3 Å². The number of hydrogen-bond acceptors (Lipinski definition) is 4. The van der Waals surface area contributed by atoms with Gasteiger partial charge >= 0.3 is 0 Å². The molecule has 2 N–H and O–H groups in total. The molecule has 4 nitrogen and oxygen atoms in total. The monoisotopic (exact) mass is 303 g/mol. The van der Waals surface area contributed by atoms with Crippen LogP contribution in [0.2, 0.25) is 0 Å². The summed E-state index contributed by atoms with van der Waals surface area (Å²) in [5, 5.41) is 4.36. The second-order valence-corrected chi connectivity index (χ2v) is 6.16. The third kappa shape index (κ3) is 4.19. The standard InChI is InChI=1S/C16H21N3OS/c1-4-13(15(17-3)12-8-6-5-7-9-12)21-16-18-11(2)10-14(20)19-16/h5-10,13,15,17H,4H2,1-3H3,(H,18,19,20). The highest BCUT2D eigenvalue weighted by molar-refractivity contribution is 7.99. The highest BCUT2D eigenvalue weighted by atomic mass is 32.2. The summed E-state index contributed by atoms with van der Waals surface area (Å²) in [5.74, 6) is 0. The molecule has 5 heteroatoms. The molecule has 2 atom stereocenters. The zero-order valence-corrected chi connectivity index (χ0v) is 13.4. The molecule has 0 fully saturated rings. The van der Waals surface area contributed by atoms with Crippen molar-refractivity contribution in [3.05, 3.63) is 58.0 Å². The molecule has 0 aliphatic rings. The molecule has 0 bridgehead atoms. The van der Waals surface area contributed by atoms with Gasteiger partial charge in [-0.1, -0.05) is 49.0 Å². The molecule has 1 aromatic heterocycles. The van der Waals surface area contributed by atoms with Gasteiger partial charge in [-0.15, -0.1) is 0 Å². The molecule has 0 aliphatic heterocycles. The van der Waals surface area contributed by atoms with Crippen LogP contribution in [-0.4, -0.2) is 22.3 Å². The number of aryl methyl sites for hydroxylation is 1. The van der Waals surface area contributed by atoms with Gasteiger partial charge < -0.3 is 10.3 Å². The van der Waals surface area contributed by atoms with Crippen LogP contribution in [0.1, 0.15) is 30.6 Å². The first-order valence-electron chi connectivity index (χ1n) is 7.11. The Kier molecular flexibility index (Phi) is 5.59. The summed E-state index contributed by atoms with van der Waals surface area (Å²) < 4.78 is 0. The minimum atomic E-state index is -0.0967. The molecule has 112 valence electrons. The SMILES string of the molecule is CCC(Sc1nc(C)cc(=O)[nH]1)C(NC)c1ccccc1. The topological polar surface area (TPSA) is 57.8 Å². The van der Waals surface area contributed by atoms with E-state index in [9.17, 15) is 4.79 Å². The third-order valence-corrected chi connectivity index (χ3v) is 4.68. The molecule has 2 aromatic rings. The first-order chi connectivity index (χ1) is 10.1. The minimum absolute atomic E-state index is 0.0967. The Morgan fingerprint density at radius 3 is 2.62 bits per heavy atom. The summed E-state index contributed by atoms with van der Waals surface area (Å²) in [6, 6.07) is 12.1. The van der Waals surface area contributed by atoms with Crippen molar-refractivity contribution in [3.8, 4) is 0 Å². The fraction of sp³-hybridized carbons (Fsp3) is 0.375. The highest BCUT2D eigenvalue weighted by Crippen LogP contribution is 2.32. The molecule has 2 unspecified atom stereocenters. The fourth-order valence-electron chi connectivity index (χ4n) is 2.37. The average Bonchev–Trinajstić information content (AvgIpc) is 2.47. The van der Waals surface area contributed by atoms with Crippen molar-refractivity contribution in [2.75, 3.05) is 7.05 Å². The molecular weight excluding hydrogens is 282 g/mol. The molecule has 1 aromatic carbocycles. The van der Waals surface area contributed by atoms with E-state index in [1.165, 1.54) is 11.6 Å². The predicted molar refractivity (Wildman–Crippen MR) is 87.8 cm³/mol. The quantitative estimate of drug-likeness (QED) is 0.636. The van der Waals surface area contributed by atoms with Crippen LogP contribution in [0.5, 0.6) is 0 Å². The lowest BCUT2D eigenvalue weighted by molar-refractivity contribution is 0.554. The molecule has 21 heavy (non-hydrogen) atoms. The molecule has 0 radical (unpaired) electrons. The van der Waals surface area contributed by atoms with E-state index < -0.39 is 0 Å². The summed E-state index contributed by atoms with van der Waals surface area (Å²) in [6.45, 7) is 3.99. The molecule has 0 spiro atoms. The van der Waals surface area contributed by atoms with Crippen molar-refractivity contribution in [1.82, 2.24) is 15.3 Å². The van der Waals surface area contributed by atoms with Crippen LogP contribution in [0.3, 0.4) is 0 Å². The molecule has 1 heterocycles. The van der Waals surface area contributed by atoms with Crippen LogP contribution in [0.4, 0.5) is 0 Å². The zero-order chi connectivity index (χ0) is 15.2. The second kappa shape index (κ2) is 7.43. The van der Waals surface area contributed by atoms with Crippen molar-refractivity contribution in [2.45, 2.75) is 36.7 Å². The van der Waals surface area contributed by atoms with Crippen LogP contribution in [-0.2, 0) is 0 Å². The maximum absolute atomic E-state index is 11.6. The van der Waals surface area contributed by atoms with Crippen molar-refractivity contribution < 1.29 is 0 Å². The van der Waals surface area contributed by atoms with Gasteiger partial charge in [0, 0.05) is 23.1 Å². The molecule has 0 amide bonds. The number of H-pyrrole nitrogens is 1. The van der Waals surface area contributed by atoms with Gasteiger partial charge in [0.25, 0.3) is 5.56 Å². The van der Waals surface area contributed by atoms with Gasteiger partial charge in [0.15, 0.2) is 5.16 Å². The normalized spacial score (nSPS) is 13.9. The maximum Gasteiger partial charge on any atom is 0.251 e. The van der Waals surface area contributed by atoms with E-state index in [1.807, 2.05) is 32.2 Å². The van der Waals surface area contributed by atoms with E-state index in [0.717, 1.165) is 12.1 Å². The fourth-order valence-corrected chi connectivity index (χ4v) is 3.60. The van der Waals surface area contributed by atoms with E-state index in [0.29, 0.717) is 10.4 Å². The molecular formula is C16H21N3OS. The van der Waals surface area contributed by atoms with Crippen LogP contribution < -0.4 is 10.9 Å². The van der Waals surface area contributed by atoms with E-state index in [2.05, 4.69) is 34.3 Å². The Morgan fingerprint density at radius 1 is 1.33 bits per heavy atom. The summed E-state index contributed by atoms with van der Waals surface area (Å²) in [5.41, 5.74) is 1.90. The number of rotatable bonds is 6. The Hall–Kier alpha value is -1.59. The summed E-state index contributed by atoms with van der Waals surface area (Å²) in [6.07, 6.45) is 0.975. The van der Waals surface area contributed by atoms with Crippen molar-refractivity contribution in [1.29, 1.82) is 0 Å². The van der Waals surface area contributed by atoms with Crippen LogP contribution in [0, 0.1) is 6.92 Å². The lowest BCUT2D eigenvalue weighted by atomic mass is 10.0. The number of aromatic amines is 1. The predicted octanol–water partition coefficient (Wildman–Crippen LogP) is 2.91. The number of hydrogen-bond donors (Lipinski definition) is 2. The van der Waals surface area contributed by atoms with Crippen molar-refractivity contribution >= 4 is 11.8 Å². The Balaban J connectivity index is 2.23. The van der Waals surface area contributed by atoms with Crippen molar-refractivity contribution in [3.63, 3.8) is 0 Å². The van der Waals surface area contributed by atoms with Crippen molar-refractivity contribution in [2.24, 2.45) is 0 Å². The largest absolute Gasteiger partial charge is 0.312 e. The first-order valence-corrected chi connectivity index (χ1v) is 7.98. The van der Waals surface area contributed by atoms with Gasteiger partial charge in [0.1, 0.15) is 0 Å². The van der Waals surface area contributed by atoms with Gasteiger partial charge in [-0.3, -0.25) is 4.79 Å². The number of nitrogens with zero attached hydrogens (tertiary/aromatic N) is 1. The number of aromatic nitrogens is 2. The average molecular weight is 303 g/mol. The smallest absolute Gasteiger partial charge is 0.251 e. The molecule has 0 aliphatic carbocycles. The Bertz CT molecular complexity index is 627. The van der Waals surface area contributed by atoms with E-state index in [-0.39, 0.29) is 11.6 Å². The number of nitrogens with one attached hydrogen (secondary N) is 2. The summed E-state index contributed by atoms with van der Waals surface area (Å²) in [4.78, 5) is 18.8. The van der Waals surface area contributed by atoms with Crippen LogP contribution >= 0.6 is 11.8 Å². The number of benzene rings is 1. The molecule has 0 saturated carbocycles. The Labute approximate surface area is 129 Å². The van der Waals surface area contributed by atoms with E-state index in [4.69, 9.17) is 0 Å². The minimum Gasteiger partial charge on any atom is -0.312 e. The molecule has 0 saturated heterocycles. The zero-order valence-electron chi connectivity index (χ0n) is 12.6. The van der Waals surface area contributed by atoms with Crippen LogP contribution in [0.25, 0.3) is 0 Å². The third-order valence-electron chi connectivity index (χ3n) is 3.35. The van der Waals surface area contributed by atoms with E-state index >= 15 is 0 Å². The van der Waals surface area contributed by atoms with Gasteiger partial charge in [-0.25, -0.2) is 4.98 Å². The first kappa shape index (κ1) is 15.8. The van der Waals surface area contributed by atoms with Gasteiger partial charge in [0.2, 0.25) is 0 Å². The lowest BCUT2D eigenvalue weighted by Crippen LogP contribution is -2.27. The van der Waals surface area contributed by atoms with Gasteiger partial charge in [-0.2, -0.15) is 0 Å². The summed E-state index contributed by atoms with van der Waals surface area (Å²) >= 11 is 1.62. The molecule has 2 rings (SSSR count). The maximum atomic E-state index is 11.6. The Morgan fingerprint density at radius 2 is 2.05 bits per heavy atom. The lowest BCUT2D eigenvalue weighted by Gasteiger charge is -2.25.